The van der Waals surface area contributed by atoms with Gasteiger partial charge in [-0.15, -0.1) is 0 Å². The van der Waals surface area contributed by atoms with Crippen LogP contribution in [0.5, 0.6) is 5.75 Å². The van der Waals surface area contributed by atoms with Gasteiger partial charge >= 0.3 is 0 Å². The summed E-state index contributed by atoms with van der Waals surface area (Å²) in [7, 11) is 0. The summed E-state index contributed by atoms with van der Waals surface area (Å²) in [5.41, 5.74) is 1.50. The molecule has 0 bridgehead atoms. The molecule has 1 atom stereocenters. The number of hydrogen-bond donors (Lipinski definition) is 1. The normalized spacial score (nSPS) is 11.8. The van der Waals surface area contributed by atoms with Gasteiger partial charge in [-0.05, 0) is 43.7 Å². The lowest BCUT2D eigenvalue weighted by Crippen LogP contribution is -2.30. The molecule has 21 heavy (non-hydrogen) atoms. The van der Waals surface area contributed by atoms with Crippen LogP contribution in [0.1, 0.15) is 12.5 Å². The van der Waals surface area contributed by atoms with Gasteiger partial charge in [-0.25, -0.2) is 0 Å². The number of carbonyl (C=O) groups excluding carboxylic acids is 1. The van der Waals surface area contributed by atoms with Crippen LogP contribution >= 0.6 is 23.2 Å². The molecule has 1 N–H and O–H groups in total. The Hall–Kier alpha value is -1.71. The molecule has 2 aromatic carbocycles. The fourth-order valence-electron chi connectivity index (χ4n) is 1.71. The Morgan fingerprint density at radius 3 is 2.29 bits per heavy atom. The summed E-state index contributed by atoms with van der Waals surface area (Å²) in [5.74, 6) is 0.223. The van der Waals surface area contributed by atoms with Gasteiger partial charge in [0.25, 0.3) is 5.91 Å². The van der Waals surface area contributed by atoms with E-state index in [0.29, 0.717) is 15.8 Å². The molecule has 0 aliphatic heterocycles. The molecule has 0 aliphatic carbocycles. The second-order valence-corrected chi connectivity index (χ2v) is 5.44. The smallest absolute Gasteiger partial charge is 0.265 e. The highest BCUT2D eigenvalue weighted by Gasteiger charge is 2.16. The van der Waals surface area contributed by atoms with E-state index in [2.05, 4.69) is 5.32 Å². The van der Waals surface area contributed by atoms with Crippen molar-refractivity contribution in [3.63, 3.8) is 0 Å². The molecular formula is C16H15Cl2NO2. The predicted molar refractivity (Wildman–Crippen MR) is 86.4 cm³/mol. The standard InChI is InChI=1S/C16H15Cl2NO2/c1-10-14(17)8-13(9-15(10)18)21-11(2)16(20)19-12-6-4-3-5-7-12/h3-9,11H,1-2H3,(H,19,20). The Morgan fingerprint density at radius 2 is 1.71 bits per heavy atom. The molecule has 0 spiro atoms. The van der Waals surface area contributed by atoms with Crippen molar-refractivity contribution >= 4 is 34.8 Å². The third-order valence-electron chi connectivity index (χ3n) is 2.98. The van der Waals surface area contributed by atoms with Gasteiger partial charge in [-0.2, -0.15) is 0 Å². The van der Waals surface area contributed by atoms with Gasteiger partial charge < -0.3 is 10.1 Å². The largest absolute Gasteiger partial charge is 0.481 e. The summed E-state index contributed by atoms with van der Waals surface area (Å²) in [6.07, 6.45) is -0.667. The topological polar surface area (TPSA) is 38.3 Å². The highest BCUT2D eigenvalue weighted by Crippen LogP contribution is 2.29. The number of anilines is 1. The van der Waals surface area contributed by atoms with Crippen molar-refractivity contribution in [3.8, 4) is 5.75 Å². The first-order valence-electron chi connectivity index (χ1n) is 6.45. The molecule has 5 heteroatoms. The van der Waals surface area contributed by atoms with Crippen LogP contribution in [-0.4, -0.2) is 12.0 Å². The van der Waals surface area contributed by atoms with E-state index in [0.717, 1.165) is 11.3 Å². The first-order chi connectivity index (χ1) is 9.97. The van der Waals surface area contributed by atoms with Gasteiger partial charge in [0.05, 0.1) is 0 Å². The number of rotatable bonds is 4. The number of halogens is 2. The van der Waals surface area contributed by atoms with Crippen molar-refractivity contribution in [2.45, 2.75) is 20.0 Å². The molecule has 2 rings (SSSR count). The lowest BCUT2D eigenvalue weighted by molar-refractivity contribution is -0.122. The van der Waals surface area contributed by atoms with E-state index in [-0.39, 0.29) is 5.91 Å². The zero-order valence-corrected chi connectivity index (χ0v) is 13.2. The summed E-state index contributed by atoms with van der Waals surface area (Å²) < 4.78 is 5.58. The van der Waals surface area contributed by atoms with Gasteiger partial charge in [-0.1, -0.05) is 41.4 Å². The summed E-state index contributed by atoms with van der Waals surface area (Å²) in [4.78, 5) is 12.1. The van der Waals surface area contributed by atoms with Crippen LogP contribution in [0.2, 0.25) is 10.0 Å². The Balaban J connectivity index is 2.04. The quantitative estimate of drug-likeness (QED) is 0.885. The maximum absolute atomic E-state index is 12.1. The first-order valence-corrected chi connectivity index (χ1v) is 7.21. The van der Waals surface area contributed by atoms with E-state index in [1.165, 1.54) is 0 Å². The number of amides is 1. The van der Waals surface area contributed by atoms with Crippen molar-refractivity contribution in [2.24, 2.45) is 0 Å². The average Bonchev–Trinajstić information content (AvgIpc) is 2.45. The van der Waals surface area contributed by atoms with Crippen molar-refractivity contribution < 1.29 is 9.53 Å². The van der Waals surface area contributed by atoms with Gasteiger partial charge in [-0.3, -0.25) is 4.79 Å². The third-order valence-corrected chi connectivity index (χ3v) is 3.76. The van der Waals surface area contributed by atoms with Gasteiger partial charge in [0, 0.05) is 15.7 Å². The SMILES string of the molecule is Cc1c(Cl)cc(OC(C)C(=O)Nc2ccccc2)cc1Cl. The first kappa shape index (κ1) is 15.7. The summed E-state index contributed by atoms with van der Waals surface area (Å²) in [5, 5.41) is 3.79. The Bertz CT molecular complexity index is 621. The van der Waals surface area contributed by atoms with E-state index >= 15 is 0 Å². The lowest BCUT2D eigenvalue weighted by Gasteiger charge is -2.16. The van der Waals surface area contributed by atoms with Gasteiger partial charge in [0.1, 0.15) is 5.75 Å². The number of benzene rings is 2. The van der Waals surface area contributed by atoms with E-state index in [9.17, 15) is 4.79 Å². The minimum absolute atomic E-state index is 0.242. The van der Waals surface area contributed by atoms with Crippen LogP contribution in [0.15, 0.2) is 42.5 Å². The second kappa shape index (κ2) is 6.83. The van der Waals surface area contributed by atoms with Crippen molar-refractivity contribution in [1.82, 2.24) is 0 Å². The van der Waals surface area contributed by atoms with Crippen LogP contribution in [0.3, 0.4) is 0 Å². The molecule has 2 aromatic rings. The molecule has 0 aromatic heterocycles. The molecule has 3 nitrogen and oxygen atoms in total. The number of para-hydroxylation sites is 1. The number of ether oxygens (including phenoxy) is 1. The monoisotopic (exact) mass is 323 g/mol. The Morgan fingerprint density at radius 1 is 1.14 bits per heavy atom. The third kappa shape index (κ3) is 4.13. The molecule has 110 valence electrons. The lowest BCUT2D eigenvalue weighted by atomic mass is 10.2. The van der Waals surface area contributed by atoms with E-state index in [4.69, 9.17) is 27.9 Å². The molecule has 0 saturated carbocycles. The van der Waals surface area contributed by atoms with Crippen LogP contribution < -0.4 is 10.1 Å². The average molecular weight is 324 g/mol. The van der Waals surface area contributed by atoms with Crippen LogP contribution in [0.4, 0.5) is 5.69 Å². The number of carbonyl (C=O) groups is 1. The molecule has 0 aliphatic rings. The van der Waals surface area contributed by atoms with E-state index in [1.54, 1.807) is 19.1 Å². The molecule has 1 amide bonds. The minimum atomic E-state index is -0.667. The molecule has 1 unspecified atom stereocenters. The van der Waals surface area contributed by atoms with Gasteiger partial charge in [0.2, 0.25) is 0 Å². The maximum Gasteiger partial charge on any atom is 0.265 e. The number of hydrogen-bond acceptors (Lipinski definition) is 2. The highest BCUT2D eigenvalue weighted by atomic mass is 35.5. The van der Waals surface area contributed by atoms with Crippen molar-refractivity contribution in [2.75, 3.05) is 5.32 Å². The summed E-state index contributed by atoms with van der Waals surface area (Å²) in [6.45, 7) is 3.49. The van der Waals surface area contributed by atoms with Crippen molar-refractivity contribution in [1.29, 1.82) is 0 Å². The number of nitrogens with one attached hydrogen (secondary N) is 1. The zero-order chi connectivity index (χ0) is 15.4. The summed E-state index contributed by atoms with van der Waals surface area (Å²) in [6, 6.07) is 12.5. The fourth-order valence-corrected chi connectivity index (χ4v) is 2.18. The Kier molecular flexibility index (Phi) is 5.10. The molecule has 0 fully saturated rings. The predicted octanol–water partition coefficient (Wildman–Crippen LogP) is 4.71. The van der Waals surface area contributed by atoms with Crippen molar-refractivity contribution in [3.05, 3.63) is 58.1 Å². The van der Waals surface area contributed by atoms with E-state index < -0.39 is 6.10 Å². The maximum atomic E-state index is 12.1. The van der Waals surface area contributed by atoms with Crippen LogP contribution in [-0.2, 0) is 4.79 Å². The fraction of sp³-hybridized carbons (Fsp3) is 0.188. The van der Waals surface area contributed by atoms with Gasteiger partial charge in [0.15, 0.2) is 6.10 Å². The Labute approximate surface area is 133 Å². The highest BCUT2D eigenvalue weighted by molar-refractivity contribution is 6.36. The van der Waals surface area contributed by atoms with Crippen LogP contribution in [0, 0.1) is 6.92 Å². The van der Waals surface area contributed by atoms with E-state index in [1.807, 2.05) is 37.3 Å². The second-order valence-electron chi connectivity index (χ2n) is 4.63. The molecule has 0 radical (unpaired) electrons. The summed E-state index contributed by atoms with van der Waals surface area (Å²) >= 11 is 12.1. The minimum Gasteiger partial charge on any atom is -0.481 e. The van der Waals surface area contributed by atoms with Crippen LogP contribution in [0.25, 0.3) is 0 Å². The molecular weight excluding hydrogens is 309 g/mol. The molecule has 0 saturated heterocycles. The molecule has 0 heterocycles. The zero-order valence-electron chi connectivity index (χ0n) is 11.7.